The van der Waals surface area contributed by atoms with Crippen molar-refractivity contribution in [3.8, 4) is 0 Å². The summed E-state index contributed by atoms with van der Waals surface area (Å²) in [7, 11) is 0. The molecule has 6 heteroatoms. The third-order valence-electron chi connectivity index (χ3n) is 7.71. The summed E-state index contributed by atoms with van der Waals surface area (Å²) in [6, 6.07) is 14.8. The maximum Gasteiger partial charge on any atom is 0.318 e. The molecule has 2 aliphatic heterocycles. The van der Waals surface area contributed by atoms with Crippen LogP contribution in [-0.2, 0) is 6.54 Å². The number of hydrogen-bond donors (Lipinski definition) is 2. The van der Waals surface area contributed by atoms with E-state index in [1.54, 1.807) is 6.26 Å². The molecule has 0 bridgehead atoms. The predicted octanol–water partition coefficient (Wildman–Crippen LogP) is 3.96. The molecule has 0 radical (unpaired) electrons. The number of carbonyl (C=O) groups excluding carboxylic acids is 1. The Balaban J connectivity index is 1.42. The average molecular weight is 417 g/mol. The van der Waals surface area contributed by atoms with Crippen molar-refractivity contribution in [3.05, 3.63) is 65.9 Å². The number of oxazole rings is 1. The molecule has 3 aliphatic rings. The second-order valence-corrected chi connectivity index (χ2v) is 9.34. The van der Waals surface area contributed by atoms with Gasteiger partial charge in [0.25, 0.3) is 0 Å². The summed E-state index contributed by atoms with van der Waals surface area (Å²) in [4.78, 5) is 20.2. The Morgan fingerprint density at radius 2 is 2.03 bits per heavy atom. The first kappa shape index (κ1) is 18.9. The monoisotopic (exact) mass is 416 g/mol. The van der Waals surface area contributed by atoms with Crippen LogP contribution in [0.1, 0.15) is 42.3 Å². The molecule has 6 rings (SSSR count). The van der Waals surface area contributed by atoms with E-state index in [2.05, 4.69) is 63.0 Å². The van der Waals surface area contributed by atoms with E-state index in [1.165, 1.54) is 22.8 Å². The number of aryl methyl sites for hydroxylation is 1. The largest absolute Gasteiger partial charge is 0.448 e. The zero-order valence-corrected chi connectivity index (χ0v) is 17.8. The highest BCUT2D eigenvalue weighted by Gasteiger charge is 2.62. The number of aromatic nitrogens is 1. The molecular weight excluding hydrogens is 388 g/mol. The molecule has 31 heavy (non-hydrogen) atoms. The van der Waals surface area contributed by atoms with Crippen molar-refractivity contribution in [2.45, 2.75) is 50.2 Å². The highest BCUT2D eigenvalue weighted by atomic mass is 16.3. The topological polar surface area (TPSA) is 70.4 Å². The summed E-state index contributed by atoms with van der Waals surface area (Å²) in [6.07, 6.45) is 5.27. The summed E-state index contributed by atoms with van der Waals surface area (Å²) in [5.41, 5.74) is 1.81. The number of fused-ring (bicyclic) bond motifs is 2. The van der Waals surface area contributed by atoms with Crippen molar-refractivity contribution < 1.29 is 9.21 Å². The van der Waals surface area contributed by atoms with E-state index in [4.69, 9.17) is 4.42 Å². The molecule has 3 fully saturated rings. The van der Waals surface area contributed by atoms with Crippen LogP contribution in [0.4, 0.5) is 4.79 Å². The lowest BCUT2D eigenvalue weighted by Crippen LogP contribution is -2.68. The lowest BCUT2D eigenvalue weighted by molar-refractivity contribution is 0.00503. The number of carbonyl (C=O) groups is 1. The Kier molecular flexibility index (Phi) is 4.32. The molecule has 1 aromatic heterocycles. The van der Waals surface area contributed by atoms with Crippen molar-refractivity contribution in [2.24, 2.45) is 5.92 Å². The molecule has 1 saturated carbocycles. The highest BCUT2D eigenvalue weighted by Crippen LogP contribution is 2.49. The number of amides is 2. The van der Waals surface area contributed by atoms with Gasteiger partial charge in [0, 0.05) is 19.6 Å². The zero-order chi connectivity index (χ0) is 21.0. The molecule has 1 aliphatic carbocycles. The van der Waals surface area contributed by atoms with Gasteiger partial charge in [-0.3, -0.25) is 0 Å². The minimum Gasteiger partial charge on any atom is -0.448 e. The van der Waals surface area contributed by atoms with E-state index in [9.17, 15) is 4.79 Å². The molecule has 3 atom stereocenters. The molecule has 2 amide bonds. The first-order chi connectivity index (χ1) is 15.2. The summed E-state index contributed by atoms with van der Waals surface area (Å²) in [5.74, 6) is 1.24. The van der Waals surface area contributed by atoms with Crippen molar-refractivity contribution in [1.82, 2.24) is 20.5 Å². The van der Waals surface area contributed by atoms with Gasteiger partial charge in [0.2, 0.25) is 5.89 Å². The number of nitrogens with zero attached hydrogens (tertiary/aromatic N) is 2. The number of nitrogens with one attached hydrogen (secondary N) is 2. The first-order valence-electron chi connectivity index (χ1n) is 11.3. The van der Waals surface area contributed by atoms with Crippen LogP contribution in [0, 0.1) is 12.8 Å². The van der Waals surface area contributed by atoms with E-state index in [0.717, 1.165) is 37.5 Å². The maximum atomic E-state index is 13.4. The molecule has 3 heterocycles. The van der Waals surface area contributed by atoms with Crippen LogP contribution in [0.2, 0.25) is 0 Å². The SMILES string of the molecule is Cc1coc(C2CNCC3(C4CCC4)C2NC(=O)N3Cc2cccc3ccccc23)n1. The third-order valence-corrected chi connectivity index (χ3v) is 7.71. The van der Waals surface area contributed by atoms with Gasteiger partial charge in [-0.1, -0.05) is 48.9 Å². The van der Waals surface area contributed by atoms with E-state index >= 15 is 0 Å². The fraction of sp³-hybridized carbons (Fsp3) is 0.440. The fourth-order valence-electron chi connectivity index (χ4n) is 6.01. The van der Waals surface area contributed by atoms with E-state index in [0.29, 0.717) is 12.5 Å². The standard InChI is InChI=1S/C25H28N4O2/c1-16-14-31-23(27-16)21-12-26-15-25(19-9-5-10-19)22(21)28-24(30)29(25)13-18-8-4-7-17-6-2-3-11-20(17)18/h2-4,6-8,11,14,19,21-22,26H,5,9-10,12-13,15H2,1H3,(H,28,30). The van der Waals surface area contributed by atoms with Gasteiger partial charge >= 0.3 is 6.03 Å². The second kappa shape index (κ2) is 7.09. The van der Waals surface area contributed by atoms with Crippen LogP contribution in [0.15, 0.2) is 53.1 Å². The zero-order valence-electron chi connectivity index (χ0n) is 17.8. The quantitative estimate of drug-likeness (QED) is 0.676. The Bertz CT molecular complexity index is 1130. The van der Waals surface area contributed by atoms with Crippen LogP contribution < -0.4 is 10.6 Å². The van der Waals surface area contributed by atoms with Crippen LogP contribution in [0.3, 0.4) is 0 Å². The summed E-state index contributed by atoms with van der Waals surface area (Å²) < 4.78 is 5.81. The predicted molar refractivity (Wildman–Crippen MR) is 119 cm³/mol. The third kappa shape index (κ3) is 2.81. The summed E-state index contributed by atoms with van der Waals surface area (Å²) in [6.45, 7) is 4.13. The normalized spacial score (nSPS) is 28.4. The van der Waals surface area contributed by atoms with Crippen molar-refractivity contribution >= 4 is 16.8 Å². The molecule has 160 valence electrons. The fourth-order valence-corrected chi connectivity index (χ4v) is 6.01. The van der Waals surface area contributed by atoms with E-state index in [-0.39, 0.29) is 23.5 Å². The minimum atomic E-state index is -0.266. The Hall–Kier alpha value is -2.86. The van der Waals surface area contributed by atoms with Gasteiger partial charge in [-0.15, -0.1) is 0 Å². The number of urea groups is 1. The Morgan fingerprint density at radius 1 is 1.19 bits per heavy atom. The maximum absolute atomic E-state index is 13.4. The molecular formula is C25H28N4O2. The second-order valence-electron chi connectivity index (χ2n) is 9.34. The van der Waals surface area contributed by atoms with Crippen molar-refractivity contribution in [2.75, 3.05) is 13.1 Å². The summed E-state index contributed by atoms with van der Waals surface area (Å²) >= 11 is 0. The molecule has 3 unspecified atom stereocenters. The number of hydrogen-bond acceptors (Lipinski definition) is 4. The van der Waals surface area contributed by atoms with Crippen LogP contribution in [0.25, 0.3) is 10.8 Å². The average Bonchev–Trinajstić information content (AvgIpc) is 3.29. The van der Waals surface area contributed by atoms with Gasteiger partial charge in [0.05, 0.1) is 23.2 Å². The highest BCUT2D eigenvalue weighted by molar-refractivity contribution is 5.86. The van der Waals surface area contributed by atoms with Crippen LogP contribution in [-0.4, -0.2) is 40.6 Å². The van der Waals surface area contributed by atoms with Gasteiger partial charge in [-0.2, -0.15) is 0 Å². The number of rotatable bonds is 4. The first-order valence-corrected chi connectivity index (χ1v) is 11.3. The summed E-state index contributed by atoms with van der Waals surface area (Å²) in [5, 5.41) is 9.44. The van der Waals surface area contributed by atoms with Crippen LogP contribution >= 0.6 is 0 Å². The van der Waals surface area contributed by atoms with Crippen LogP contribution in [0.5, 0.6) is 0 Å². The number of piperidine rings is 1. The molecule has 2 aromatic carbocycles. The lowest BCUT2D eigenvalue weighted by Gasteiger charge is -2.53. The van der Waals surface area contributed by atoms with Gasteiger partial charge in [0.15, 0.2) is 0 Å². The van der Waals surface area contributed by atoms with Crippen molar-refractivity contribution in [3.63, 3.8) is 0 Å². The Labute approximate surface area is 182 Å². The molecule has 2 N–H and O–H groups in total. The molecule has 6 nitrogen and oxygen atoms in total. The van der Waals surface area contributed by atoms with Gasteiger partial charge < -0.3 is 20.0 Å². The van der Waals surface area contributed by atoms with E-state index < -0.39 is 0 Å². The van der Waals surface area contributed by atoms with E-state index in [1.807, 2.05) is 6.92 Å². The Morgan fingerprint density at radius 3 is 2.81 bits per heavy atom. The van der Waals surface area contributed by atoms with Gasteiger partial charge in [-0.05, 0) is 42.0 Å². The smallest absolute Gasteiger partial charge is 0.318 e. The molecule has 3 aromatic rings. The molecule has 0 spiro atoms. The minimum absolute atomic E-state index is 0.000392. The molecule has 2 saturated heterocycles. The van der Waals surface area contributed by atoms with Gasteiger partial charge in [-0.25, -0.2) is 9.78 Å². The van der Waals surface area contributed by atoms with Gasteiger partial charge in [0.1, 0.15) is 6.26 Å². The van der Waals surface area contributed by atoms with Crippen molar-refractivity contribution in [1.29, 1.82) is 0 Å². The lowest BCUT2D eigenvalue weighted by atomic mass is 9.63. The number of benzene rings is 2.